The Balaban J connectivity index is 2.02. The summed E-state index contributed by atoms with van der Waals surface area (Å²) in [5.74, 6) is -9.17. The van der Waals surface area contributed by atoms with Crippen molar-refractivity contribution in [2.45, 2.75) is 26.1 Å². The summed E-state index contributed by atoms with van der Waals surface area (Å²) >= 11 is 0. The van der Waals surface area contributed by atoms with Crippen molar-refractivity contribution in [3.63, 3.8) is 0 Å². The van der Waals surface area contributed by atoms with Crippen molar-refractivity contribution in [1.29, 1.82) is 0 Å². The Bertz CT molecular complexity index is 787. The molecule has 140 valence electrons. The van der Waals surface area contributed by atoms with Gasteiger partial charge in [0.2, 0.25) is 14.1 Å². The fourth-order valence-corrected chi connectivity index (χ4v) is 3.01. The topological polar surface area (TPSA) is 21.6 Å². The van der Waals surface area contributed by atoms with Crippen molar-refractivity contribution in [1.82, 2.24) is 0 Å². The highest BCUT2D eigenvalue weighted by Gasteiger charge is 2.24. The summed E-state index contributed by atoms with van der Waals surface area (Å²) < 4.78 is 72.0. The summed E-state index contributed by atoms with van der Waals surface area (Å²) in [6, 6.07) is 7.31. The van der Waals surface area contributed by atoms with Crippen LogP contribution >= 0.6 is 0 Å². The Morgan fingerprint density at radius 1 is 0.846 bits per heavy atom. The van der Waals surface area contributed by atoms with Crippen LogP contribution in [0.15, 0.2) is 29.3 Å². The average molecular weight is 387 g/mol. The van der Waals surface area contributed by atoms with E-state index in [1.165, 1.54) is 0 Å². The minimum absolute atomic E-state index is 0.133. The lowest BCUT2D eigenvalue weighted by molar-refractivity contribution is 0.377. The lowest BCUT2D eigenvalue weighted by Crippen LogP contribution is -2.29. The standard InChI is InChI=1S/C18H18F5NOSi/c1-26(2,3)25-12-6-4-11(5-7-12)8-9-24-10-13-14(19)16(21)18(23)17(22)15(13)20/h4-7,10H,8-9H2,1-3H3. The van der Waals surface area contributed by atoms with Gasteiger partial charge in [-0.15, -0.1) is 0 Å². The predicted octanol–water partition coefficient (Wildman–Crippen LogP) is 5.26. The predicted molar refractivity (Wildman–Crippen MR) is 92.8 cm³/mol. The van der Waals surface area contributed by atoms with Gasteiger partial charge >= 0.3 is 0 Å². The maximum atomic E-state index is 13.5. The van der Waals surface area contributed by atoms with E-state index in [1.54, 1.807) is 0 Å². The fourth-order valence-electron chi connectivity index (χ4n) is 2.16. The molecule has 2 aromatic rings. The molecule has 2 nitrogen and oxygen atoms in total. The Hall–Kier alpha value is -2.22. The van der Waals surface area contributed by atoms with E-state index in [-0.39, 0.29) is 6.54 Å². The molecule has 0 unspecified atom stereocenters. The van der Waals surface area contributed by atoms with E-state index in [4.69, 9.17) is 4.43 Å². The third-order valence-electron chi connectivity index (χ3n) is 3.34. The van der Waals surface area contributed by atoms with Gasteiger partial charge in [-0.1, -0.05) is 12.1 Å². The molecule has 0 N–H and O–H groups in total. The second kappa shape index (κ2) is 7.99. The normalized spacial score (nSPS) is 12.0. The molecule has 0 fully saturated rings. The highest BCUT2D eigenvalue weighted by atomic mass is 28.4. The van der Waals surface area contributed by atoms with E-state index < -0.39 is 43.0 Å². The molecule has 0 saturated heterocycles. The van der Waals surface area contributed by atoms with Crippen molar-refractivity contribution in [2.24, 2.45) is 4.99 Å². The van der Waals surface area contributed by atoms with Crippen LogP contribution in [0.5, 0.6) is 5.75 Å². The van der Waals surface area contributed by atoms with Crippen LogP contribution < -0.4 is 4.43 Å². The highest BCUT2D eigenvalue weighted by Crippen LogP contribution is 2.22. The van der Waals surface area contributed by atoms with Crippen LogP contribution in [-0.2, 0) is 6.42 Å². The molecule has 0 aliphatic carbocycles. The maximum absolute atomic E-state index is 13.5. The minimum atomic E-state index is -2.18. The molecule has 0 aliphatic rings. The van der Waals surface area contributed by atoms with E-state index in [1.807, 2.05) is 24.3 Å². The van der Waals surface area contributed by atoms with Crippen molar-refractivity contribution >= 4 is 14.5 Å². The second-order valence-electron chi connectivity index (χ2n) is 6.63. The van der Waals surface area contributed by atoms with E-state index in [0.717, 1.165) is 11.3 Å². The number of halogens is 5. The summed E-state index contributed by atoms with van der Waals surface area (Å²) in [5, 5.41) is 0. The number of benzene rings is 2. The SMILES string of the molecule is C[Si](C)(C)Oc1ccc(CCN=Cc2c(F)c(F)c(F)c(F)c2F)cc1. The third kappa shape index (κ3) is 4.91. The third-order valence-corrected chi connectivity index (χ3v) is 4.19. The summed E-state index contributed by atoms with van der Waals surface area (Å²) in [7, 11) is -1.69. The Morgan fingerprint density at radius 2 is 1.35 bits per heavy atom. The minimum Gasteiger partial charge on any atom is -0.544 e. The molecule has 8 heteroatoms. The van der Waals surface area contributed by atoms with Crippen LogP contribution in [0.3, 0.4) is 0 Å². The Morgan fingerprint density at radius 3 is 1.85 bits per heavy atom. The monoisotopic (exact) mass is 387 g/mol. The molecule has 26 heavy (non-hydrogen) atoms. The second-order valence-corrected chi connectivity index (χ2v) is 11.1. The number of hydrogen-bond acceptors (Lipinski definition) is 2. The van der Waals surface area contributed by atoms with E-state index in [0.29, 0.717) is 12.6 Å². The van der Waals surface area contributed by atoms with Crippen LogP contribution in [0.25, 0.3) is 0 Å². The molecule has 0 radical (unpaired) electrons. The molecule has 0 amide bonds. The van der Waals surface area contributed by atoms with Crippen LogP contribution in [0, 0.1) is 29.1 Å². The zero-order chi connectivity index (χ0) is 19.5. The van der Waals surface area contributed by atoms with Crippen LogP contribution in [0.4, 0.5) is 22.0 Å². The lowest BCUT2D eigenvalue weighted by atomic mass is 10.1. The molecule has 0 heterocycles. The van der Waals surface area contributed by atoms with Crippen molar-refractivity contribution in [2.75, 3.05) is 6.54 Å². The molecule has 2 rings (SSSR count). The first kappa shape index (κ1) is 20.1. The summed E-state index contributed by atoms with van der Waals surface area (Å²) in [6.45, 7) is 6.33. The molecule has 2 aromatic carbocycles. The molecule has 0 atom stereocenters. The van der Waals surface area contributed by atoms with Gasteiger partial charge in [0.1, 0.15) is 5.75 Å². The number of rotatable bonds is 6. The van der Waals surface area contributed by atoms with Gasteiger partial charge in [0.15, 0.2) is 23.3 Å². The number of hydrogen-bond donors (Lipinski definition) is 0. The van der Waals surface area contributed by atoms with Crippen molar-refractivity contribution in [3.05, 3.63) is 64.5 Å². The van der Waals surface area contributed by atoms with Gasteiger partial charge in [-0.2, -0.15) is 0 Å². The van der Waals surface area contributed by atoms with Crippen LogP contribution in [-0.4, -0.2) is 21.1 Å². The molecule has 0 spiro atoms. The van der Waals surface area contributed by atoms with Gasteiger partial charge < -0.3 is 4.43 Å². The van der Waals surface area contributed by atoms with Gasteiger partial charge in [0, 0.05) is 12.8 Å². The van der Waals surface area contributed by atoms with Gasteiger partial charge in [-0.3, -0.25) is 4.99 Å². The van der Waals surface area contributed by atoms with E-state index >= 15 is 0 Å². The van der Waals surface area contributed by atoms with E-state index in [9.17, 15) is 22.0 Å². The fraction of sp³-hybridized carbons (Fsp3) is 0.278. The zero-order valence-electron chi connectivity index (χ0n) is 14.5. The molecule has 0 bridgehead atoms. The highest BCUT2D eigenvalue weighted by molar-refractivity contribution is 6.70. The van der Waals surface area contributed by atoms with E-state index in [2.05, 4.69) is 24.6 Å². The lowest BCUT2D eigenvalue weighted by Gasteiger charge is -2.19. The smallest absolute Gasteiger partial charge is 0.242 e. The van der Waals surface area contributed by atoms with Crippen molar-refractivity contribution < 1.29 is 26.4 Å². The summed E-state index contributed by atoms with van der Waals surface area (Å²) in [6.07, 6.45) is 1.11. The summed E-state index contributed by atoms with van der Waals surface area (Å²) in [4.78, 5) is 3.77. The first-order valence-electron chi connectivity index (χ1n) is 7.89. The number of nitrogens with zero attached hydrogens (tertiary/aromatic N) is 1. The Labute approximate surface area is 149 Å². The molecule has 0 saturated carbocycles. The first-order valence-corrected chi connectivity index (χ1v) is 11.3. The van der Waals surface area contributed by atoms with Crippen molar-refractivity contribution in [3.8, 4) is 5.75 Å². The maximum Gasteiger partial charge on any atom is 0.242 e. The van der Waals surface area contributed by atoms with Gasteiger partial charge in [-0.25, -0.2) is 22.0 Å². The van der Waals surface area contributed by atoms with Crippen LogP contribution in [0.2, 0.25) is 19.6 Å². The van der Waals surface area contributed by atoms with Gasteiger partial charge in [0.05, 0.1) is 5.56 Å². The zero-order valence-corrected chi connectivity index (χ0v) is 15.5. The van der Waals surface area contributed by atoms with Gasteiger partial charge in [0.25, 0.3) is 0 Å². The Kier molecular flexibility index (Phi) is 6.17. The largest absolute Gasteiger partial charge is 0.544 e. The number of aliphatic imine (C=N–C) groups is 1. The molecule has 0 aromatic heterocycles. The molecular formula is C18H18F5NOSi. The first-order chi connectivity index (χ1) is 12.1. The molecule has 0 aliphatic heterocycles. The quantitative estimate of drug-likeness (QED) is 0.218. The average Bonchev–Trinajstić information content (AvgIpc) is 2.57. The van der Waals surface area contributed by atoms with Crippen LogP contribution in [0.1, 0.15) is 11.1 Å². The molecular weight excluding hydrogens is 369 g/mol. The summed E-state index contributed by atoms with van der Waals surface area (Å²) in [5.41, 5.74) is -0.136. The van der Waals surface area contributed by atoms with Gasteiger partial charge in [-0.05, 0) is 43.8 Å².